The third-order valence-electron chi connectivity index (χ3n) is 2.25. The number of nitrogens with zero attached hydrogens (tertiary/aromatic N) is 1. The summed E-state index contributed by atoms with van der Waals surface area (Å²) in [5, 5.41) is 9.09. The van der Waals surface area contributed by atoms with Gasteiger partial charge in [0.25, 0.3) is 0 Å². The van der Waals surface area contributed by atoms with Crippen molar-refractivity contribution in [2.45, 2.75) is 38.9 Å². The summed E-state index contributed by atoms with van der Waals surface area (Å²) in [5.74, 6) is -0.409. The Hall–Kier alpha value is -1.78. The average Bonchev–Trinajstić information content (AvgIpc) is 3.03. The predicted molar refractivity (Wildman–Crippen MR) is 60.6 cm³/mol. The maximum Gasteiger partial charge on any atom is 0.339 e. The van der Waals surface area contributed by atoms with Gasteiger partial charge in [-0.05, 0) is 26.7 Å². The fraction of sp³-hybridized carbons (Fsp3) is 0.500. The van der Waals surface area contributed by atoms with Gasteiger partial charge in [0.05, 0.1) is 18.4 Å². The number of aromatic carboxylic acids is 1. The molecule has 5 nitrogen and oxygen atoms in total. The maximum absolute atomic E-state index is 11.1. The molecule has 0 saturated heterocycles. The molecule has 92 valence electrons. The van der Waals surface area contributed by atoms with Crippen molar-refractivity contribution in [1.82, 2.24) is 4.98 Å². The highest BCUT2D eigenvalue weighted by Crippen LogP contribution is 2.30. The monoisotopic (exact) mass is 237 g/mol. The van der Waals surface area contributed by atoms with Gasteiger partial charge in [-0.15, -0.1) is 0 Å². The van der Waals surface area contributed by atoms with Gasteiger partial charge < -0.3 is 14.6 Å². The van der Waals surface area contributed by atoms with Gasteiger partial charge in [0.2, 0.25) is 5.88 Å². The van der Waals surface area contributed by atoms with Crippen molar-refractivity contribution >= 4 is 5.97 Å². The number of rotatable bonds is 5. The summed E-state index contributed by atoms with van der Waals surface area (Å²) in [4.78, 5) is 15.1. The zero-order valence-electron chi connectivity index (χ0n) is 9.84. The quantitative estimate of drug-likeness (QED) is 0.849. The highest BCUT2D eigenvalue weighted by Gasteiger charge is 2.26. The molecule has 1 aromatic rings. The van der Waals surface area contributed by atoms with Crippen LogP contribution in [-0.2, 0) is 0 Å². The van der Waals surface area contributed by atoms with Crippen LogP contribution in [0.4, 0.5) is 0 Å². The van der Waals surface area contributed by atoms with Gasteiger partial charge in [0.1, 0.15) is 5.56 Å². The third-order valence-corrected chi connectivity index (χ3v) is 2.25. The van der Waals surface area contributed by atoms with E-state index in [2.05, 4.69) is 4.98 Å². The standard InChI is InChI=1S/C12H15NO4/c1-7(2)16-11-5-9(12(14)15)10(6-13-11)17-8-3-4-8/h5-8H,3-4H2,1-2H3,(H,14,15). The van der Waals surface area contributed by atoms with Crippen LogP contribution in [0.3, 0.4) is 0 Å². The first-order chi connectivity index (χ1) is 8.06. The Labute approximate surface area is 99.4 Å². The third kappa shape index (κ3) is 3.09. The number of hydrogen-bond donors (Lipinski definition) is 1. The lowest BCUT2D eigenvalue weighted by molar-refractivity contribution is 0.0690. The van der Waals surface area contributed by atoms with Gasteiger partial charge in [-0.2, -0.15) is 0 Å². The highest BCUT2D eigenvalue weighted by molar-refractivity contribution is 5.91. The van der Waals surface area contributed by atoms with Gasteiger partial charge in [0.15, 0.2) is 5.75 Å². The van der Waals surface area contributed by atoms with Gasteiger partial charge >= 0.3 is 5.97 Å². The summed E-state index contributed by atoms with van der Waals surface area (Å²) in [6.45, 7) is 3.72. The molecule has 1 aliphatic rings. The number of hydrogen-bond acceptors (Lipinski definition) is 4. The minimum Gasteiger partial charge on any atom is -0.488 e. The topological polar surface area (TPSA) is 68.7 Å². The van der Waals surface area contributed by atoms with Crippen LogP contribution in [0.5, 0.6) is 11.6 Å². The van der Waals surface area contributed by atoms with E-state index in [1.54, 1.807) is 0 Å². The summed E-state index contributed by atoms with van der Waals surface area (Å²) in [6, 6.07) is 1.40. The lowest BCUT2D eigenvalue weighted by Crippen LogP contribution is -2.10. The summed E-state index contributed by atoms with van der Waals surface area (Å²) in [6.07, 6.45) is 3.47. The summed E-state index contributed by atoms with van der Waals surface area (Å²) in [7, 11) is 0. The van der Waals surface area contributed by atoms with E-state index in [4.69, 9.17) is 14.6 Å². The highest BCUT2D eigenvalue weighted by atomic mass is 16.5. The lowest BCUT2D eigenvalue weighted by atomic mass is 10.2. The van der Waals surface area contributed by atoms with Crippen molar-refractivity contribution in [1.29, 1.82) is 0 Å². The van der Waals surface area contributed by atoms with Gasteiger partial charge in [-0.3, -0.25) is 0 Å². The van der Waals surface area contributed by atoms with E-state index in [1.165, 1.54) is 12.3 Å². The van der Waals surface area contributed by atoms with Gasteiger partial charge in [0, 0.05) is 6.07 Å². The second-order valence-corrected chi connectivity index (χ2v) is 4.31. The van der Waals surface area contributed by atoms with Crippen LogP contribution in [0.1, 0.15) is 37.0 Å². The first-order valence-corrected chi connectivity index (χ1v) is 5.63. The molecule has 0 bridgehead atoms. The summed E-state index contributed by atoms with van der Waals surface area (Å²) >= 11 is 0. The summed E-state index contributed by atoms with van der Waals surface area (Å²) in [5.41, 5.74) is 0.0996. The van der Waals surface area contributed by atoms with E-state index < -0.39 is 5.97 Å². The lowest BCUT2D eigenvalue weighted by Gasteiger charge is -2.11. The van der Waals surface area contributed by atoms with Crippen molar-refractivity contribution in [2.24, 2.45) is 0 Å². The molecule has 0 unspecified atom stereocenters. The molecule has 0 aliphatic heterocycles. The number of carboxylic acids is 1. The molecule has 17 heavy (non-hydrogen) atoms. The Balaban J connectivity index is 2.23. The maximum atomic E-state index is 11.1. The normalized spacial score (nSPS) is 14.8. The fourth-order valence-electron chi connectivity index (χ4n) is 1.36. The molecule has 0 atom stereocenters. The average molecular weight is 237 g/mol. The van der Waals surface area contributed by atoms with Crippen molar-refractivity contribution in [2.75, 3.05) is 0 Å². The number of pyridine rings is 1. The van der Waals surface area contributed by atoms with E-state index in [-0.39, 0.29) is 17.8 Å². The van der Waals surface area contributed by atoms with Crippen LogP contribution >= 0.6 is 0 Å². The van der Waals surface area contributed by atoms with Crippen LogP contribution < -0.4 is 9.47 Å². The van der Waals surface area contributed by atoms with Crippen LogP contribution in [0.25, 0.3) is 0 Å². The van der Waals surface area contributed by atoms with E-state index in [1.807, 2.05) is 13.8 Å². The Bertz CT molecular complexity index is 427. The smallest absolute Gasteiger partial charge is 0.339 e. The predicted octanol–water partition coefficient (Wildman–Crippen LogP) is 2.11. The number of ether oxygens (including phenoxy) is 2. The number of carbonyl (C=O) groups is 1. The van der Waals surface area contributed by atoms with Crippen LogP contribution in [-0.4, -0.2) is 28.3 Å². The molecule has 5 heteroatoms. The SMILES string of the molecule is CC(C)Oc1cc(C(=O)O)c(OC2CC2)cn1. The van der Waals surface area contributed by atoms with Crippen LogP contribution in [0.15, 0.2) is 12.3 Å². The van der Waals surface area contributed by atoms with E-state index >= 15 is 0 Å². The first-order valence-electron chi connectivity index (χ1n) is 5.63. The number of carboxylic acid groups (broad SMARTS) is 1. The van der Waals surface area contributed by atoms with E-state index in [9.17, 15) is 4.79 Å². The molecule has 0 radical (unpaired) electrons. The molecular formula is C12H15NO4. The Morgan fingerprint density at radius 3 is 2.76 bits per heavy atom. The Morgan fingerprint density at radius 2 is 2.24 bits per heavy atom. The Morgan fingerprint density at radius 1 is 1.53 bits per heavy atom. The molecule has 0 amide bonds. The molecule has 0 spiro atoms. The zero-order chi connectivity index (χ0) is 12.4. The molecule has 1 heterocycles. The van der Waals surface area contributed by atoms with Crippen molar-refractivity contribution in [3.8, 4) is 11.6 Å². The Kier molecular flexibility index (Phi) is 3.17. The summed E-state index contributed by atoms with van der Waals surface area (Å²) < 4.78 is 10.8. The molecular weight excluding hydrogens is 222 g/mol. The second kappa shape index (κ2) is 4.61. The van der Waals surface area contributed by atoms with Crippen LogP contribution in [0.2, 0.25) is 0 Å². The van der Waals surface area contributed by atoms with Crippen molar-refractivity contribution in [3.05, 3.63) is 17.8 Å². The largest absolute Gasteiger partial charge is 0.488 e. The molecule has 1 fully saturated rings. The fourth-order valence-corrected chi connectivity index (χ4v) is 1.36. The second-order valence-electron chi connectivity index (χ2n) is 4.31. The molecule has 1 aromatic heterocycles. The van der Waals surface area contributed by atoms with Crippen molar-refractivity contribution < 1.29 is 19.4 Å². The van der Waals surface area contributed by atoms with Gasteiger partial charge in [-0.25, -0.2) is 9.78 Å². The van der Waals surface area contributed by atoms with E-state index in [0.717, 1.165) is 12.8 Å². The minimum atomic E-state index is -1.03. The molecule has 2 rings (SSSR count). The molecule has 0 aromatic carbocycles. The van der Waals surface area contributed by atoms with Crippen LogP contribution in [0, 0.1) is 0 Å². The molecule has 1 aliphatic carbocycles. The van der Waals surface area contributed by atoms with Crippen molar-refractivity contribution in [3.63, 3.8) is 0 Å². The molecule has 1 saturated carbocycles. The minimum absolute atomic E-state index is 0.0423. The zero-order valence-corrected chi connectivity index (χ0v) is 9.84. The number of aromatic nitrogens is 1. The van der Waals surface area contributed by atoms with Gasteiger partial charge in [-0.1, -0.05) is 0 Å². The van der Waals surface area contributed by atoms with E-state index in [0.29, 0.717) is 11.6 Å². The first kappa shape index (κ1) is 11.7. The molecule has 1 N–H and O–H groups in total.